The Hall–Kier alpha value is -2.74. The lowest BCUT2D eigenvalue weighted by Crippen LogP contribution is -1.99. The van der Waals surface area contributed by atoms with Crippen LogP contribution in [0.3, 0.4) is 0 Å². The molecule has 0 saturated heterocycles. The van der Waals surface area contributed by atoms with E-state index in [0.29, 0.717) is 11.2 Å². The number of hydrogen-bond donors (Lipinski definition) is 1. The molecule has 1 aromatic carbocycles. The standard InChI is InChI=1S/C11H6ClN5O3/c12-11-8(2-1-5-13-11)14-7-4-3-6-9(16-20-15-6)10(7)17(18)19/h1-5,14H. The second-order valence-electron chi connectivity index (χ2n) is 3.82. The van der Waals surface area contributed by atoms with Crippen LogP contribution in [0, 0.1) is 10.1 Å². The molecule has 20 heavy (non-hydrogen) atoms. The van der Waals surface area contributed by atoms with E-state index in [1.165, 1.54) is 12.3 Å². The van der Waals surface area contributed by atoms with E-state index in [-0.39, 0.29) is 22.0 Å². The van der Waals surface area contributed by atoms with Crippen LogP contribution >= 0.6 is 11.6 Å². The number of nitrogens with one attached hydrogen (secondary N) is 1. The lowest BCUT2D eigenvalue weighted by Gasteiger charge is -2.07. The van der Waals surface area contributed by atoms with Crippen molar-refractivity contribution in [1.29, 1.82) is 0 Å². The zero-order valence-electron chi connectivity index (χ0n) is 9.78. The Kier molecular flexibility index (Phi) is 2.92. The number of anilines is 2. The van der Waals surface area contributed by atoms with Crippen LogP contribution in [-0.2, 0) is 0 Å². The summed E-state index contributed by atoms with van der Waals surface area (Å²) in [6.45, 7) is 0. The van der Waals surface area contributed by atoms with Gasteiger partial charge >= 0.3 is 5.69 Å². The molecule has 100 valence electrons. The summed E-state index contributed by atoms with van der Waals surface area (Å²) in [4.78, 5) is 14.5. The summed E-state index contributed by atoms with van der Waals surface area (Å²) >= 11 is 5.91. The lowest BCUT2D eigenvalue weighted by atomic mass is 10.2. The number of nitrogens with zero attached hydrogens (tertiary/aromatic N) is 4. The molecule has 8 nitrogen and oxygen atoms in total. The molecule has 0 amide bonds. The van der Waals surface area contributed by atoms with E-state index in [4.69, 9.17) is 11.6 Å². The van der Waals surface area contributed by atoms with Gasteiger partial charge in [-0.15, -0.1) is 0 Å². The summed E-state index contributed by atoms with van der Waals surface area (Å²) in [5.41, 5.74) is 0.824. The lowest BCUT2D eigenvalue weighted by molar-refractivity contribution is -0.382. The Morgan fingerprint density at radius 2 is 2.10 bits per heavy atom. The molecule has 9 heteroatoms. The van der Waals surface area contributed by atoms with Gasteiger partial charge in [0.2, 0.25) is 5.52 Å². The largest absolute Gasteiger partial charge is 0.347 e. The van der Waals surface area contributed by atoms with Gasteiger partial charge in [-0.05, 0) is 34.6 Å². The van der Waals surface area contributed by atoms with Crippen molar-refractivity contribution < 1.29 is 9.55 Å². The zero-order chi connectivity index (χ0) is 14.1. The predicted octanol–water partition coefficient (Wildman–Crippen LogP) is 2.92. The number of halogens is 1. The van der Waals surface area contributed by atoms with Crippen LogP contribution in [0.4, 0.5) is 17.1 Å². The van der Waals surface area contributed by atoms with Gasteiger partial charge in [0, 0.05) is 6.20 Å². The van der Waals surface area contributed by atoms with Crippen LogP contribution < -0.4 is 5.32 Å². The van der Waals surface area contributed by atoms with Gasteiger partial charge in [-0.2, -0.15) is 0 Å². The van der Waals surface area contributed by atoms with Gasteiger partial charge in [0.1, 0.15) is 11.2 Å². The van der Waals surface area contributed by atoms with Gasteiger partial charge in [0.25, 0.3) is 0 Å². The highest BCUT2D eigenvalue weighted by Crippen LogP contribution is 2.34. The van der Waals surface area contributed by atoms with Crippen LogP contribution in [0.5, 0.6) is 0 Å². The Morgan fingerprint density at radius 1 is 1.25 bits per heavy atom. The first-order valence-corrected chi connectivity index (χ1v) is 5.82. The minimum absolute atomic E-state index is 0.0695. The van der Waals surface area contributed by atoms with E-state index in [2.05, 4.69) is 25.2 Å². The maximum atomic E-state index is 11.2. The van der Waals surface area contributed by atoms with Crippen molar-refractivity contribution in [2.24, 2.45) is 0 Å². The smallest absolute Gasteiger partial charge is 0.323 e. The quantitative estimate of drug-likeness (QED) is 0.449. The van der Waals surface area contributed by atoms with E-state index in [9.17, 15) is 10.1 Å². The molecule has 3 aromatic rings. The highest BCUT2D eigenvalue weighted by Gasteiger charge is 2.23. The number of nitro groups is 1. The molecule has 0 aliphatic heterocycles. The van der Waals surface area contributed by atoms with Crippen molar-refractivity contribution in [3.05, 3.63) is 45.7 Å². The fourth-order valence-corrected chi connectivity index (χ4v) is 1.91. The van der Waals surface area contributed by atoms with Gasteiger partial charge in [-0.3, -0.25) is 10.1 Å². The first-order valence-electron chi connectivity index (χ1n) is 5.44. The average molecular weight is 292 g/mol. The second-order valence-corrected chi connectivity index (χ2v) is 4.18. The van der Waals surface area contributed by atoms with Gasteiger partial charge < -0.3 is 5.32 Å². The molecule has 0 bridgehead atoms. The van der Waals surface area contributed by atoms with Gasteiger partial charge in [0.05, 0.1) is 10.6 Å². The van der Waals surface area contributed by atoms with Gasteiger partial charge in [0.15, 0.2) is 5.15 Å². The number of rotatable bonds is 3. The summed E-state index contributed by atoms with van der Waals surface area (Å²) in [7, 11) is 0. The minimum atomic E-state index is -0.556. The zero-order valence-corrected chi connectivity index (χ0v) is 10.5. The molecular weight excluding hydrogens is 286 g/mol. The summed E-state index contributed by atoms with van der Waals surface area (Å²) in [6.07, 6.45) is 1.52. The van der Waals surface area contributed by atoms with E-state index in [1.807, 2.05) is 0 Å². The fraction of sp³-hybridized carbons (Fsp3) is 0. The van der Waals surface area contributed by atoms with Crippen LogP contribution in [0.25, 0.3) is 11.0 Å². The number of pyridine rings is 1. The molecule has 0 spiro atoms. The Balaban J connectivity index is 2.14. The molecule has 0 fully saturated rings. The van der Waals surface area contributed by atoms with E-state index in [1.54, 1.807) is 18.2 Å². The Morgan fingerprint density at radius 3 is 2.85 bits per heavy atom. The number of aromatic nitrogens is 3. The molecule has 0 aliphatic carbocycles. The van der Waals surface area contributed by atoms with Crippen molar-refractivity contribution in [2.45, 2.75) is 0 Å². The molecular formula is C11H6ClN5O3. The molecule has 0 saturated carbocycles. The summed E-state index contributed by atoms with van der Waals surface area (Å²) < 4.78 is 4.51. The highest BCUT2D eigenvalue weighted by molar-refractivity contribution is 6.32. The number of fused-ring (bicyclic) bond motifs is 1. The van der Waals surface area contributed by atoms with Crippen molar-refractivity contribution in [1.82, 2.24) is 15.3 Å². The van der Waals surface area contributed by atoms with Crippen molar-refractivity contribution >= 4 is 39.7 Å². The van der Waals surface area contributed by atoms with Crippen LogP contribution in [0.15, 0.2) is 35.1 Å². The number of benzene rings is 1. The number of nitro benzene ring substituents is 1. The molecule has 2 heterocycles. The fourth-order valence-electron chi connectivity index (χ4n) is 1.75. The van der Waals surface area contributed by atoms with Gasteiger partial charge in [-0.1, -0.05) is 11.6 Å². The van der Waals surface area contributed by atoms with E-state index in [0.717, 1.165) is 0 Å². The van der Waals surface area contributed by atoms with E-state index < -0.39 is 4.92 Å². The van der Waals surface area contributed by atoms with Crippen LogP contribution in [0.1, 0.15) is 0 Å². The average Bonchev–Trinajstić information content (AvgIpc) is 2.88. The van der Waals surface area contributed by atoms with Crippen LogP contribution in [-0.4, -0.2) is 20.2 Å². The van der Waals surface area contributed by atoms with Crippen molar-refractivity contribution in [2.75, 3.05) is 5.32 Å². The third-order valence-corrected chi connectivity index (χ3v) is 2.91. The minimum Gasteiger partial charge on any atom is -0.347 e. The Labute approximate surface area is 116 Å². The predicted molar refractivity (Wildman–Crippen MR) is 71.0 cm³/mol. The highest BCUT2D eigenvalue weighted by atomic mass is 35.5. The molecule has 0 unspecified atom stereocenters. The van der Waals surface area contributed by atoms with Crippen LogP contribution in [0.2, 0.25) is 5.15 Å². The molecule has 0 radical (unpaired) electrons. The summed E-state index contributed by atoms with van der Waals surface area (Å²) in [5.74, 6) is 0. The van der Waals surface area contributed by atoms with Gasteiger partial charge in [-0.25, -0.2) is 9.61 Å². The molecule has 1 N–H and O–H groups in total. The first-order chi connectivity index (χ1) is 9.66. The third kappa shape index (κ3) is 2.01. The third-order valence-electron chi connectivity index (χ3n) is 2.61. The van der Waals surface area contributed by atoms with Crippen molar-refractivity contribution in [3.8, 4) is 0 Å². The maximum Gasteiger partial charge on any atom is 0.323 e. The second kappa shape index (κ2) is 4.74. The van der Waals surface area contributed by atoms with E-state index >= 15 is 0 Å². The molecule has 0 aliphatic rings. The SMILES string of the molecule is O=[N+]([O-])c1c(Nc2cccnc2Cl)ccc2nonc12. The molecule has 3 rings (SSSR count). The summed E-state index contributed by atoms with van der Waals surface area (Å²) in [6, 6.07) is 6.39. The van der Waals surface area contributed by atoms with Crippen molar-refractivity contribution in [3.63, 3.8) is 0 Å². The topological polar surface area (TPSA) is 107 Å². The molecule has 0 atom stereocenters. The molecule has 2 aromatic heterocycles. The Bertz CT molecular complexity index is 804. The number of hydrogen-bond acceptors (Lipinski definition) is 7. The summed E-state index contributed by atoms with van der Waals surface area (Å²) in [5, 5.41) is 21.4. The maximum absolute atomic E-state index is 11.2. The first kappa shape index (κ1) is 12.3. The normalized spacial score (nSPS) is 10.7. The monoisotopic (exact) mass is 291 g/mol.